The Labute approximate surface area is 116 Å². The van der Waals surface area contributed by atoms with Gasteiger partial charge in [0, 0.05) is 0 Å². The molecule has 0 bridgehead atoms. The molecule has 0 radical (unpaired) electrons. The minimum absolute atomic E-state index is 0.155. The molecule has 1 aliphatic rings. The number of carbonyl (C=O) groups is 2. The van der Waals surface area contributed by atoms with Crippen molar-refractivity contribution in [3.63, 3.8) is 0 Å². The third kappa shape index (κ3) is 3.33. The van der Waals surface area contributed by atoms with Gasteiger partial charge in [-0.15, -0.1) is 11.3 Å². The molecule has 5 nitrogen and oxygen atoms in total. The molecule has 0 spiro atoms. The van der Waals surface area contributed by atoms with E-state index >= 15 is 0 Å². The van der Waals surface area contributed by atoms with Gasteiger partial charge in [-0.1, -0.05) is 0 Å². The maximum atomic E-state index is 12.0. The molecule has 6 heteroatoms. The molecule has 2 N–H and O–H groups in total. The summed E-state index contributed by atoms with van der Waals surface area (Å²) in [6.07, 6.45) is 2.21. The Bertz CT molecular complexity index is 480. The fourth-order valence-corrected chi connectivity index (χ4v) is 2.95. The van der Waals surface area contributed by atoms with Crippen molar-refractivity contribution >= 4 is 28.2 Å². The highest BCUT2D eigenvalue weighted by molar-refractivity contribution is 7.15. The largest absolute Gasteiger partial charge is 0.462 e. The molecule has 1 aromatic heterocycles. The molecule has 0 aromatic carbocycles. The van der Waals surface area contributed by atoms with Crippen LogP contribution in [0.25, 0.3) is 0 Å². The molecule has 0 saturated heterocycles. The quantitative estimate of drug-likeness (QED) is 0.783. The average Bonchev–Trinajstić information content (AvgIpc) is 3.12. The van der Waals surface area contributed by atoms with Crippen LogP contribution in [0.4, 0.5) is 5.00 Å². The molecular weight excluding hydrogens is 264 g/mol. The van der Waals surface area contributed by atoms with E-state index in [-0.39, 0.29) is 18.4 Å². The van der Waals surface area contributed by atoms with Gasteiger partial charge in [-0.25, -0.2) is 4.79 Å². The monoisotopic (exact) mass is 282 g/mol. The molecule has 1 aliphatic carbocycles. The van der Waals surface area contributed by atoms with Crippen molar-refractivity contribution in [2.45, 2.75) is 25.7 Å². The lowest BCUT2D eigenvalue weighted by Gasteiger charge is -2.08. The highest BCUT2D eigenvalue weighted by atomic mass is 32.1. The van der Waals surface area contributed by atoms with E-state index in [1.54, 1.807) is 14.0 Å². The number of esters is 1. The van der Waals surface area contributed by atoms with Crippen molar-refractivity contribution in [3.8, 4) is 0 Å². The first kappa shape index (κ1) is 14.0. The van der Waals surface area contributed by atoms with Crippen molar-refractivity contribution in [1.29, 1.82) is 0 Å². The number of thiophene rings is 1. The molecule has 0 unspecified atom stereocenters. The molecule has 1 fully saturated rings. The molecule has 1 heterocycles. The summed E-state index contributed by atoms with van der Waals surface area (Å²) < 4.78 is 5.09. The van der Waals surface area contributed by atoms with Crippen LogP contribution in [0.15, 0.2) is 5.38 Å². The fraction of sp³-hybridized carbons (Fsp3) is 0.538. The SMILES string of the molecule is CCOC(=O)c1c(C2CC2)csc1NC(=O)CNC. The second kappa shape index (κ2) is 6.16. The summed E-state index contributed by atoms with van der Waals surface area (Å²) in [6, 6.07) is 0. The summed E-state index contributed by atoms with van der Waals surface area (Å²) in [6.45, 7) is 2.34. The molecule has 104 valence electrons. The zero-order chi connectivity index (χ0) is 13.8. The van der Waals surface area contributed by atoms with Gasteiger partial charge in [0.2, 0.25) is 5.91 Å². The fourth-order valence-electron chi connectivity index (χ4n) is 1.90. The van der Waals surface area contributed by atoms with E-state index in [2.05, 4.69) is 10.6 Å². The van der Waals surface area contributed by atoms with Crippen molar-refractivity contribution in [2.24, 2.45) is 0 Å². The van der Waals surface area contributed by atoms with Crippen LogP contribution in [0, 0.1) is 0 Å². The van der Waals surface area contributed by atoms with Crippen molar-refractivity contribution in [1.82, 2.24) is 5.32 Å². The first-order valence-corrected chi connectivity index (χ1v) is 7.28. The van der Waals surface area contributed by atoms with E-state index in [1.807, 2.05) is 5.38 Å². The van der Waals surface area contributed by atoms with Crippen LogP contribution in [0.1, 0.15) is 41.6 Å². The van der Waals surface area contributed by atoms with Crippen LogP contribution in [0.5, 0.6) is 0 Å². The minimum atomic E-state index is -0.342. The highest BCUT2D eigenvalue weighted by Crippen LogP contribution is 2.46. The number of amides is 1. The number of anilines is 1. The first-order chi connectivity index (χ1) is 9.17. The van der Waals surface area contributed by atoms with Gasteiger partial charge < -0.3 is 15.4 Å². The lowest BCUT2D eigenvalue weighted by molar-refractivity contribution is -0.115. The zero-order valence-electron chi connectivity index (χ0n) is 11.1. The molecule has 0 atom stereocenters. The van der Waals surface area contributed by atoms with Crippen LogP contribution in [0.3, 0.4) is 0 Å². The Kier molecular flexibility index (Phi) is 4.55. The summed E-state index contributed by atoms with van der Waals surface area (Å²) in [7, 11) is 1.70. The number of hydrogen-bond donors (Lipinski definition) is 2. The van der Waals surface area contributed by atoms with E-state index in [0.29, 0.717) is 23.1 Å². The Morgan fingerprint density at radius 1 is 1.47 bits per heavy atom. The van der Waals surface area contributed by atoms with Gasteiger partial charge in [0.1, 0.15) is 5.00 Å². The second-order valence-electron chi connectivity index (χ2n) is 4.47. The van der Waals surface area contributed by atoms with Crippen molar-refractivity contribution < 1.29 is 14.3 Å². The average molecular weight is 282 g/mol. The number of hydrogen-bond acceptors (Lipinski definition) is 5. The van der Waals surface area contributed by atoms with Gasteiger partial charge in [0.05, 0.1) is 18.7 Å². The molecule has 0 aliphatic heterocycles. The van der Waals surface area contributed by atoms with Gasteiger partial charge >= 0.3 is 5.97 Å². The topological polar surface area (TPSA) is 67.4 Å². The zero-order valence-corrected chi connectivity index (χ0v) is 11.9. The minimum Gasteiger partial charge on any atom is -0.462 e. The van der Waals surface area contributed by atoms with Gasteiger partial charge in [0.25, 0.3) is 0 Å². The van der Waals surface area contributed by atoms with E-state index in [0.717, 1.165) is 18.4 Å². The number of nitrogens with one attached hydrogen (secondary N) is 2. The second-order valence-corrected chi connectivity index (χ2v) is 5.35. The number of ether oxygens (including phenoxy) is 1. The molecule has 19 heavy (non-hydrogen) atoms. The molecule has 2 rings (SSSR count). The lowest BCUT2D eigenvalue weighted by Crippen LogP contribution is -2.25. The first-order valence-electron chi connectivity index (χ1n) is 6.40. The van der Waals surface area contributed by atoms with Gasteiger partial charge in [-0.3, -0.25) is 4.79 Å². The molecule has 1 aromatic rings. The molecule has 1 amide bonds. The Balaban J connectivity index is 2.22. The maximum Gasteiger partial charge on any atom is 0.341 e. The third-order valence-corrected chi connectivity index (χ3v) is 3.82. The van der Waals surface area contributed by atoms with Crippen molar-refractivity contribution in [2.75, 3.05) is 25.5 Å². The van der Waals surface area contributed by atoms with Crippen LogP contribution < -0.4 is 10.6 Å². The third-order valence-electron chi connectivity index (χ3n) is 2.91. The Morgan fingerprint density at radius 3 is 2.79 bits per heavy atom. The van der Waals surface area contributed by atoms with E-state index in [9.17, 15) is 9.59 Å². The standard InChI is InChI=1S/C13H18N2O3S/c1-3-18-13(17)11-9(8-4-5-8)7-19-12(11)15-10(16)6-14-2/h7-8,14H,3-6H2,1-2H3,(H,15,16). The van der Waals surface area contributed by atoms with E-state index < -0.39 is 0 Å². The summed E-state index contributed by atoms with van der Waals surface area (Å²) in [5, 5.41) is 8.10. The number of rotatable bonds is 6. The van der Waals surface area contributed by atoms with Crippen LogP contribution in [-0.4, -0.2) is 32.1 Å². The predicted octanol–water partition coefficient (Wildman–Crippen LogP) is 1.96. The maximum absolute atomic E-state index is 12.0. The lowest BCUT2D eigenvalue weighted by atomic mass is 10.1. The molecular formula is C13H18N2O3S. The van der Waals surface area contributed by atoms with Gasteiger partial charge in [-0.2, -0.15) is 0 Å². The summed E-state index contributed by atoms with van der Waals surface area (Å²) >= 11 is 1.39. The predicted molar refractivity (Wildman–Crippen MR) is 74.8 cm³/mol. The number of likely N-dealkylation sites (N-methyl/N-ethyl adjacent to an activating group) is 1. The smallest absolute Gasteiger partial charge is 0.341 e. The van der Waals surface area contributed by atoms with Gasteiger partial charge in [-0.05, 0) is 43.7 Å². The van der Waals surface area contributed by atoms with Gasteiger partial charge in [0.15, 0.2) is 0 Å². The Morgan fingerprint density at radius 2 is 2.21 bits per heavy atom. The summed E-state index contributed by atoms with van der Waals surface area (Å²) in [5.41, 5.74) is 1.56. The summed E-state index contributed by atoms with van der Waals surface area (Å²) in [5.74, 6) is -0.0479. The van der Waals surface area contributed by atoms with Crippen LogP contribution >= 0.6 is 11.3 Å². The normalized spacial score (nSPS) is 14.2. The number of carbonyl (C=O) groups excluding carboxylic acids is 2. The summed E-state index contributed by atoms with van der Waals surface area (Å²) in [4.78, 5) is 23.7. The van der Waals surface area contributed by atoms with E-state index in [4.69, 9.17) is 4.74 Å². The van der Waals surface area contributed by atoms with Crippen LogP contribution in [-0.2, 0) is 9.53 Å². The van der Waals surface area contributed by atoms with Crippen LogP contribution in [0.2, 0.25) is 0 Å². The molecule has 1 saturated carbocycles. The van der Waals surface area contributed by atoms with E-state index in [1.165, 1.54) is 11.3 Å². The highest BCUT2D eigenvalue weighted by Gasteiger charge is 2.32. The van der Waals surface area contributed by atoms with Crippen molar-refractivity contribution in [3.05, 3.63) is 16.5 Å². The Hall–Kier alpha value is -1.40.